The van der Waals surface area contributed by atoms with Crippen molar-refractivity contribution in [1.82, 2.24) is 0 Å². The molecular weight excluding hydrogens is 252 g/mol. The first-order chi connectivity index (χ1) is 8.61. The second kappa shape index (κ2) is 5.38. The van der Waals surface area contributed by atoms with Gasteiger partial charge in [-0.15, -0.1) is 0 Å². The summed E-state index contributed by atoms with van der Waals surface area (Å²) in [7, 11) is 1.58. The van der Waals surface area contributed by atoms with Crippen molar-refractivity contribution in [1.29, 1.82) is 0 Å². The number of halogens is 1. The summed E-state index contributed by atoms with van der Waals surface area (Å²) in [5, 5.41) is 0.614. The van der Waals surface area contributed by atoms with E-state index in [1.807, 2.05) is 6.92 Å². The van der Waals surface area contributed by atoms with Crippen molar-refractivity contribution in [3.05, 3.63) is 58.0 Å². The molecule has 3 nitrogen and oxygen atoms in total. The Hall–Kier alpha value is -1.58. The van der Waals surface area contributed by atoms with Crippen LogP contribution in [0.1, 0.15) is 27.4 Å². The number of ether oxygens (including phenoxy) is 1. The molecule has 0 aliphatic carbocycles. The molecule has 2 rings (SSSR count). The van der Waals surface area contributed by atoms with Crippen LogP contribution >= 0.6 is 11.6 Å². The zero-order valence-corrected chi connectivity index (χ0v) is 11.0. The molecule has 0 saturated carbocycles. The number of benzene rings is 1. The minimum absolute atomic E-state index is 0.147. The number of furan rings is 1. The maximum atomic E-state index is 12.2. The van der Waals surface area contributed by atoms with Crippen LogP contribution < -0.4 is 0 Å². The highest BCUT2D eigenvalue weighted by Gasteiger charge is 2.15. The fourth-order valence-corrected chi connectivity index (χ4v) is 1.96. The number of hydrogen-bond donors (Lipinski definition) is 0. The molecule has 0 spiro atoms. The summed E-state index contributed by atoms with van der Waals surface area (Å²) in [6, 6.07) is 8.56. The standard InChI is InChI=1S/C14H13ClO3/c1-9-7-10(15)3-5-12(9)14(16)13-6-4-11(18-13)8-17-2/h3-7H,8H2,1-2H3. The maximum Gasteiger partial charge on any atom is 0.228 e. The summed E-state index contributed by atoms with van der Waals surface area (Å²) < 4.78 is 10.4. The first-order valence-electron chi connectivity index (χ1n) is 5.50. The monoisotopic (exact) mass is 264 g/mol. The van der Waals surface area contributed by atoms with Crippen LogP contribution in [0.2, 0.25) is 5.02 Å². The molecule has 0 unspecified atom stereocenters. The number of hydrogen-bond acceptors (Lipinski definition) is 3. The number of carbonyl (C=O) groups is 1. The van der Waals surface area contributed by atoms with E-state index in [4.69, 9.17) is 20.8 Å². The summed E-state index contributed by atoms with van der Waals surface area (Å²) in [4.78, 5) is 12.2. The third-order valence-corrected chi connectivity index (χ3v) is 2.84. The SMILES string of the molecule is COCc1ccc(C(=O)c2ccc(Cl)cc2C)o1. The molecule has 0 saturated heterocycles. The van der Waals surface area contributed by atoms with Crippen molar-refractivity contribution < 1.29 is 13.9 Å². The molecule has 4 heteroatoms. The smallest absolute Gasteiger partial charge is 0.228 e. The Kier molecular flexibility index (Phi) is 3.84. The van der Waals surface area contributed by atoms with Crippen molar-refractivity contribution in [2.75, 3.05) is 7.11 Å². The van der Waals surface area contributed by atoms with E-state index in [2.05, 4.69) is 0 Å². The zero-order chi connectivity index (χ0) is 13.1. The number of methoxy groups -OCH3 is 1. The zero-order valence-electron chi connectivity index (χ0n) is 10.2. The highest BCUT2D eigenvalue weighted by atomic mass is 35.5. The van der Waals surface area contributed by atoms with E-state index in [9.17, 15) is 4.79 Å². The van der Waals surface area contributed by atoms with Crippen LogP contribution in [0.25, 0.3) is 0 Å². The Bertz CT molecular complexity index is 572. The van der Waals surface area contributed by atoms with E-state index in [0.717, 1.165) is 5.56 Å². The highest BCUT2D eigenvalue weighted by Crippen LogP contribution is 2.20. The highest BCUT2D eigenvalue weighted by molar-refractivity contribution is 6.30. The number of rotatable bonds is 4. The topological polar surface area (TPSA) is 39.4 Å². The Morgan fingerprint density at radius 3 is 2.78 bits per heavy atom. The first kappa shape index (κ1) is 12.9. The predicted octanol–water partition coefficient (Wildman–Crippen LogP) is 3.62. The number of ketones is 1. The van der Waals surface area contributed by atoms with Gasteiger partial charge >= 0.3 is 0 Å². The second-order valence-corrected chi connectivity index (χ2v) is 4.42. The Balaban J connectivity index is 2.29. The molecule has 1 aromatic carbocycles. The Morgan fingerprint density at radius 2 is 2.11 bits per heavy atom. The van der Waals surface area contributed by atoms with Gasteiger partial charge in [0.05, 0.1) is 0 Å². The minimum Gasteiger partial charge on any atom is -0.455 e. The summed E-state index contributed by atoms with van der Waals surface area (Å²) in [5.41, 5.74) is 1.43. The van der Waals surface area contributed by atoms with Gasteiger partial charge in [0.1, 0.15) is 12.4 Å². The van der Waals surface area contributed by atoms with Crippen molar-refractivity contribution in [3.63, 3.8) is 0 Å². The lowest BCUT2D eigenvalue weighted by Crippen LogP contribution is -2.02. The Labute approximate surface area is 110 Å². The van der Waals surface area contributed by atoms with Crippen LogP contribution in [0.5, 0.6) is 0 Å². The normalized spacial score (nSPS) is 10.6. The predicted molar refractivity (Wildman–Crippen MR) is 69.0 cm³/mol. The molecular formula is C14H13ClO3. The maximum absolute atomic E-state index is 12.2. The summed E-state index contributed by atoms with van der Waals surface area (Å²) in [6.45, 7) is 2.20. The largest absolute Gasteiger partial charge is 0.455 e. The quantitative estimate of drug-likeness (QED) is 0.792. The minimum atomic E-state index is -0.147. The van der Waals surface area contributed by atoms with E-state index in [0.29, 0.717) is 28.7 Å². The van der Waals surface area contributed by atoms with Gasteiger partial charge in [-0.2, -0.15) is 0 Å². The van der Waals surface area contributed by atoms with Crippen molar-refractivity contribution >= 4 is 17.4 Å². The second-order valence-electron chi connectivity index (χ2n) is 3.99. The van der Waals surface area contributed by atoms with Crippen LogP contribution in [0.3, 0.4) is 0 Å². The summed E-state index contributed by atoms with van der Waals surface area (Å²) in [5.74, 6) is 0.798. The van der Waals surface area contributed by atoms with E-state index in [-0.39, 0.29) is 5.78 Å². The van der Waals surface area contributed by atoms with Gasteiger partial charge in [-0.25, -0.2) is 0 Å². The van der Waals surface area contributed by atoms with Gasteiger partial charge in [-0.05, 0) is 42.8 Å². The average molecular weight is 265 g/mol. The third kappa shape index (κ3) is 2.63. The van der Waals surface area contributed by atoms with Gasteiger partial charge in [0, 0.05) is 17.7 Å². The summed E-state index contributed by atoms with van der Waals surface area (Å²) >= 11 is 5.86. The van der Waals surface area contributed by atoms with Gasteiger partial charge in [0.2, 0.25) is 5.78 Å². The molecule has 0 atom stereocenters. The molecule has 0 radical (unpaired) electrons. The average Bonchev–Trinajstić information content (AvgIpc) is 2.77. The molecule has 0 aliphatic heterocycles. The molecule has 0 fully saturated rings. The number of carbonyl (C=O) groups excluding carboxylic acids is 1. The molecule has 1 heterocycles. The third-order valence-electron chi connectivity index (χ3n) is 2.61. The molecule has 0 aliphatic rings. The van der Waals surface area contributed by atoms with Gasteiger partial charge in [0.25, 0.3) is 0 Å². The lowest BCUT2D eigenvalue weighted by atomic mass is 10.0. The van der Waals surface area contributed by atoms with Crippen LogP contribution in [0.15, 0.2) is 34.7 Å². The van der Waals surface area contributed by atoms with Gasteiger partial charge in [-0.3, -0.25) is 4.79 Å². The van der Waals surface area contributed by atoms with Crippen molar-refractivity contribution in [2.45, 2.75) is 13.5 Å². The molecule has 0 amide bonds. The molecule has 1 aromatic heterocycles. The van der Waals surface area contributed by atoms with Crippen LogP contribution in [0, 0.1) is 6.92 Å². The lowest BCUT2D eigenvalue weighted by molar-refractivity contribution is 0.0999. The fourth-order valence-electron chi connectivity index (χ4n) is 1.73. The molecule has 0 bridgehead atoms. The van der Waals surface area contributed by atoms with Crippen LogP contribution in [-0.4, -0.2) is 12.9 Å². The van der Waals surface area contributed by atoms with E-state index in [1.165, 1.54) is 0 Å². The van der Waals surface area contributed by atoms with E-state index < -0.39 is 0 Å². The molecule has 94 valence electrons. The molecule has 2 aromatic rings. The fraction of sp³-hybridized carbons (Fsp3) is 0.214. The summed E-state index contributed by atoms with van der Waals surface area (Å²) in [6.07, 6.45) is 0. The van der Waals surface area contributed by atoms with Crippen LogP contribution in [0.4, 0.5) is 0 Å². The van der Waals surface area contributed by atoms with E-state index in [1.54, 1.807) is 37.4 Å². The van der Waals surface area contributed by atoms with Crippen LogP contribution in [-0.2, 0) is 11.3 Å². The van der Waals surface area contributed by atoms with Crippen molar-refractivity contribution in [2.24, 2.45) is 0 Å². The van der Waals surface area contributed by atoms with Crippen molar-refractivity contribution in [3.8, 4) is 0 Å². The first-order valence-corrected chi connectivity index (χ1v) is 5.88. The molecule has 18 heavy (non-hydrogen) atoms. The molecule has 0 N–H and O–H groups in total. The van der Waals surface area contributed by atoms with Gasteiger partial charge in [-0.1, -0.05) is 11.6 Å². The number of aryl methyl sites for hydroxylation is 1. The van der Waals surface area contributed by atoms with Gasteiger partial charge < -0.3 is 9.15 Å². The lowest BCUT2D eigenvalue weighted by Gasteiger charge is -2.03. The Morgan fingerprint density at radius 1 is 1.33 bits per heavy atom. The van der Waals surface area contributed by atoms with E-state index >= 15 is 0 Å². The van der Waals surface area contributed by atoms with Gasteiger partial charge in [0.15, 0.2) is 5.76 Å².